The van der Waals surface area contributed by atoms with Crippen LogP contribution in [0.2, 0.25) is 0 Å². The summed E-state index contributed by atoms with van der Waals surface area (Å²) in [7, 11) is 1.49. The Morgan fingerprint density at radius 1 is 1.15 bits per heavy atom. The fraction of sp³-hybridized carbons (Fsp3) is 0.235. The second-order valence-corrected chi connectivity index (χ2v) is 5.93. The van der Waals surface area contributed by atoms with Crippen LogP contribution in [0.15, 0.2) is 37.1 Å². The zero-order valence-corrected chi connectivity index (χ0v) is 14.5. The number of hydrogen-bond donors (Lipinski definition) is 2. The molecule has 27 heavy (non-hydrogen) atoms. The molecule has 3 heterocycles. The van der Waals surface area contributed by atoms with Crippen molar-refractivity contribution in [2.45, 2.75) is 18.8 Å². The van der Waals surface area contributed by atoms with Crippen molar-refractivity contribution >= 4 is 23.2 Å². The fourth-order valence-corrected chi connectivity index (χ4v) is 2.40. The average Bonchev–Trinajstić information content (AvgIpc) is 3.55. The van der Waals surface area contributed by atoms with Crippen LogP contribution in [0.4, 0.5) is 17.3 Å². The lowest BCUT2D eigenvalue weighted by molar-refractivity contribution is 0.102. The van der Waals surface area contributed by atoms with Crippen molar-refractivity contribution in [1.82, 2.24) is 30.1 Å². The third-order valence-electron chi connectivity index (χ3n) is 3.92. The summed E-state index contributed by atoms with van der Waals surface area (Å²) in [6, 6.07) is 3.20. The van der Waals surface area contributed by atoms with Crippen LogP contribution in [0.1, 0.15) is 34.9 Å². The summed E-state index contributed by atoms with van der Waals surface area (Å²) in [5.41, 5.74) is 1.57. The second-order valence-electron chi connectivity index (χ2n) is 5.93. The van der Waals surface area contributed by atoms with Gasteiger partial charge in [-0.15, -0.1) is 10.2 Å². The van der Waals surface area contributed by atoms with Crippen molar-refractivity contribution < 1.29 is 9.53 Å². The lowest BCUT2D eigenvalue weighted by atomic mass is 10.2. The normalized spacial score (nSPS) is 13.1. The molecule has 0 atom stereocenters. The molecule has 136 valence electrons. The minimum Gasteiger partial charge on any atom is -0.480 e. The molecular weight excluding hydrogens is 348 g/mol. The third-order valence-corrected chi connectivity index (χ3v) is 3.92. The minimum absolute atomic E-state index is 0.167. The van der Waals surface area contributed by atoms with Gasteiger partial charge in [-0.05, 0) is 18.9 Å². The van der Waals surface area contributed by atoms with Gasteiger partial charge < -0.3 is 15.4 Å². The van der Waals surface area contributed by atoms with Gasteiger partial charge in [0.25, 0.3) is 5.91 Å². The van der Waals surface area contributed by atoms with E-state index in [2.05, 4.69) is 40.8 Å². The Kier molecular flexibility index (Phi) is 4.52. The van der Waals surface area contributed by atoms with E-state index in [-0.39, 0.29) is 11.5 Å². The number of hydrogen-bond acceptors (Lipinski definition) is 9. The Morgan fingerprint density at radius 3 is 2.63 bits per heavy atom. The van der Waals surface area contributed by atoms with Crippen molar-refractivity contribution in [1.29, 1.82) is 0 Å². The van der Waals surface area contributed by atoms with Gasteiger partial charge in [-0.2, -0.15) is 0 Å². The van der Waals surface area contributed by atoms with Gasteiger partial charge in [0.15, 0.2) is 17.3 Å². The average molecular weight is 364 g/mol. The number of nitrogens with zero attached hydrogens (tertiary/aromatic N) is 6. The van der Waals surface area contributed by atoms with Gasteiger partial charge in [-0.1, -0.05) is 0 Å². The number of anilines is 3. The molecule has 1 fully saturated rings. The van der Waals surface area contributed by atoms with E-state index in [1.54, 1.807) is 30.7 Å². The second kappa shape index (κ2) is 7.28. The molecule has 10 nitrogen and oxygen atoms in total. The van der Waals surface area contributed by atoms with E-state index >= 15 is 0 Å². The van der Waals surface area contributed by atoms with Crippen LogP contribution in [0, 0.1) is 0 Å². The summed E-state index contributed by atoms with van der Waals surface area (Å²) in [5.74, 6) is 0.874. The van der Waals surface area contributed by atoms with Gasteiger partial charge in [0.2, 0.25) is 5.88 Å². The Balaban J connectivity index is 1.61. The molecule has 3 aromatic rings. The van der Waals surface area contributed by atoms with Crippen LogP contribution in [0.25, 0.3) is 0 Å². The van der Waals surface area contributed by atoms with E-state index in [1.807, 2.05) is 0 Å². The lowest BCUT2D eigenvalue weighted by Crippen LogP contribution is -2.18. The van der Waals surface area contributed by atoms with Crippen LogP contribution >= 0.6 is 0 Å². The lowest BCUT2D eigenvalue weighted by Gasteiger charge is -2.11. The summed E-state index contributed by atoms with van der Waals surface area (Å²) in [6.45, 7) is 0. The molecule has 0 aromatic carbocycles. The first-order valence-electron chi connectivity index (χ1n) is 8.31. The van der Waals surface area contributed by atoms with E-state index in [0.717, 1.165) is 18.5 Å². The Labute approximate surface area is 154 Å². The van der Waals surface area contributed by atoms with Gasteiger partial charge >= 0.3 is 0 Å². The van der Waals surface area contributed by atoms with E-state index in [9.17, 15) is 4.79 Å². The zero-order chi connectivity index (χ0) is 18.6. The number of rotatable bonds is 6. The maximum Gasteiger partial charge on any atom is 0.279 e. The molecule has 3 aromatic heterocycles. The number of methoxy groups -OCH3 is 1. The first-order valence-corrected chi connectivity index (χ1v) is 8.31. The minimum atomic E-state index is -0.441. The van der Waals surface area contributed by atoms with Crippen molar-refractivity contribution in [2.75, 3.05) is 17.7 Å². The molecule has 0 spiro atoms. The summed E-state index contributed by atoms with van der Waals surface area (Å²) < 4.78 is 4.96. The molecule has 0 aliphatic heterocycles. The van der Waals surface area contributed by atoms with Crippen LogP contribution in [-0.2, 0) is 0 Å². The quantitative estimate of drug-likeness (QED) is 0.674. The molecule has 0 unspecified atom stereocenters. The number of carbonyl (C=O) groups excluding carboxylic acids is 1. The number of aromatic nitrogens is 6. The molecule has 1 aliphatic carbocycles. The third kappa shape index (κ3) is 3.94. The Bertz CT molecular complexity index is 945. The highest BCUT2D eigenvalue weighted by Crippen LogP contribution is 2.39. The molecule has 0 bridgehead atoms. The molecule has 2 N–H and O–H groups in total. The highest BCUT2D eigenvalue weighted by molar-refractivity contribution is 6.05. The van der Waals surface area contributed by atoms with E-state index in [1.165, 1.54) is 13.4 Å². The summed E-state index contributed by atoms with van der Waals surface area (Å²) in [5, 5.41) is 13.4. The van der Waals surface area contributed by atoms with Crippen LogP contribution < -0.4 is 15.4 Å². The van der Waals surface area contributed by atoms with Gasteiger partial charge in [0.1, 0.15) is 6.33 Å². The maximum atomic E-state index is 12.8. The van der Waals surface area contributed by atoms with Crippen LogP contribution in [0.3, 0.4) is 0 Å². The van der Waals surface area contributed by atoms with Gasteiger partial charge in [-0.3, -0.25) is 4.79 Å². The number of ether oxygens (including phenoxy) is 1. The van der Waals surface area contributed by atoms with Gasteiger partial charge in [-0.25, -0.2) is 19.9 Å². The predicted molar refractivity (Wildman–Crippen MR) is 95.9 cm³/mol. The zero-order valence-electron chi connectivity index (χ0n) is 14.5. The van der Waals surface area contributed by atoms with E-state index < -0.39 is 5.91 Å². The maximum absolute atomic E-state index is 12.8. The molecule has 1 saturated carbocycles. The molecule has 4 rings (SSSR count). The fourth-order valence-electron chi connectivity index (χ4n) is 2.40. The number of carbonyl (C=O) groups is 1. The molecule has 0 saturated heterocycles. The van der Waals surface area contributed by atoms with Crippen LogP contribution in [-0.4, -0.2) is 43.2 Å². The van der Waals surface area contributed by atoms with Crippen molar-refractivity contribution in [2.24, 2.45) is 0 Å². The summed E-state index contributed by atoms with van der Waals surface area (Å²) >= 11 is 0. The SMILES string of the molecule is COc1ccc(NC(=O)c2nc(C3CC3)cnc2Nc2cncnc2)nn1. The Morgan fingerprint density at radius 2 is 1.96 bits per heavy atom. The predicted octanol–water partition coefficient (Wildman–Crippen LogP) is 1.94. The van der Waals surface area contributed by atoms with Crippen molar-refractivity contribution in [3.8, 4) is 5.88 Å². The van der Waals surface area contributed by atoms with Gasteiger partial charge in [0, 0.05) is 12.0 Å². The highest BCUT2D eigenvalue weighted by atomic mass is 16.5. The van der Waals surface area contributed by atoms with Crippen molar-refractivity contribution in [3.63, 3.8) is 0 Å². The number of nitrogens with one attached hydrogen (secondary N) is 2. The van der Waals surface area contributed by atoms with Crippen molar-refractivity contribution in [3.05, 3.63) is 48.4 Å². The summed E-state index contributed by atoms with van der Waals surface area (Å²) in [4.78, 5) is 29.6. The molecule has 1 aliphatic rings. The van der Waals surface area contributed by atoms with E-state index in [4.69, 9.17) is 4.74 Å². The Hall–Kier alpha value is -3.69. The van der Waals surface area contributed by atoms with Gasteiger partial charge in [0.05, 0.1) is 37.1 Å². The molecular formula is C17H16N8O2. The monoisotopic (exact) mass is 364 g/mol. The molecule has 0 radical (unpaired) electrons. The first-order chi connectivity index (χ1) is 13.2. The van der Waals surface area contributed by atoms with Crippen LogP contribution in [0.5, 0.6) is 5.88 Å². The smallest absolute Gasteiger partial charge is 0.279 e. The first kappa shape index (κ1) is 16.8. The molecule has 10 heteroatoms. The standard InChI is InChI=1S/C17H16N8O2/c1-27-14-5-4-13(24-25-14)23-17(26)15-16(21-11-6-18-9-19-7-11)20-8-12(22-15)10-2-3-10/h4-10H,2-3H2,1H3,(H,20,21)(H,23,24,26). The highest BCUT2D eigenvalue weighted by Gasteiger charge is 2.27. The topological polar surface area (TPSA) is 128 Å². The largest absolute Gasteiger partial charge is 0.480 e. The summed E-state index contributed by atoms with van der Waals surface area (Å²) in [6.07, 6.45) is 8.38. The van der Waals surface area contributed by atoms with E-state index in [0.29, 0.717) is 23.3 Å². The molecule has 1 amide bonds. The number of amides is 1.